The molecular formula is C17H16ClN3O3S. The van der Waals surface area contributed by atoms with Crippen LogP contribution in [0.3, 0.4) is 0 Å². The number of nitrogens with one attached hydrogen (secondary N) is 3. The minimum Gasteiger partial charge on any atom is -0.494 e. The molecule has 0 aliphatic carbocycles. The molecular weight excluding hydrogens is 362 g/mol. The van der Waals surface area contributed by atoms with Gasteiger partial charge in [0.15, 0.2) is 5.11 Å². The number of benzene rings is 2. The van der Waals surface area contributed by atoms with E-state index in [0.717, 1.165) is 0 Å². The van der Waals surface area contributed by atoms with Gasteiger partial charge in [0.2, 0.25) is 0 Å². The summed E-state index contributed by atoms with van der Waals surface area (Å²) in [7, 11) is 0. The monoisotopic (exact) mass is 377 g/mol. The first-order valence-corrected chi connectivity index (χ1v) is 8.19. The second-order valence-corrected chi connectivity index (χ2v) is 5.62. The van der Waals surface area contributed by atoms with Crippen LogP contribution in [0.5, 0.6) is 5.75 Å². The second kappa shape index (κ2) is 9.00. The Balaban J connectivity index is 1.86. The molecule has 0 heterocycles. The fraction of sp³-hybridized carbons (Fsp3) is 0.118. The van der Waals surface area contributed by atoms with Crippen molar-refractivity contribution in [2.45, 2.75) is 6.92 Å². The highest BCUT2D eigenvalue weighted by molar-refractivity contribution is 7.80. The standard InChI is InChI=1S/C17H16ClN3O3S/c1-2-24-12-9-7-11(8-10-12)15(22)19-17(25)21-20-16(23)13-5-3-4-6-14(13)18/h3-10H,2H2,1H3,(H,20,23)(H2,19,21,22,25). The van der Waals surface area contributed by atoms with Crippen LogP contribution < -0.4 is 20.9 Å². The van der Waals surface area contributed by atoms with Gasteiger partial charge in [0.25, 0.3) is 11.8 Å². The average Bonchev–Trinajstić information content (AvgIpc) is 2.61. The summed E-state index contributed by atoms with van der Waals surface area (Å²) >= 11 is 10.9. The quantitative estimate of drug-likeness (QED) is 0.564. The first-order valence-electron chi connectivity index (χ1n) is 7.40. The lowest BCUT2D eigenvalue weighted by Crippen LogP contribution is -2.48. The fourth-order valence-corrected chi connectivity index (χ4v) is 2.27. The Kier molecular flexibility index (Phi) is 6.73. The number of rotatable bonds is 4. The summed E-state index contributed by atoms with van der Waals surface area (Å²) in [5, 5.41) is 2.73. The summed E-state index contributed by atoms with van der Waals surface area (Å²) in [5.41, 5.74) is 5.53. The van der Waals surface area contributed by atoms with E-state index < -0.39 is 11.8 Å². The molecule has 0 bridgehead atoms. The predicted molar refractivity (Wildman–Crippen MR) is 99.7 cm³/mol. The molecule has 0 spiro atoms. The van der Waals surface area contributed by atoms with Crippen LogP contribution in [0, 0.1) is 0 Å². The molecule has 8 heteroatoms. The van der Waals surface area contributed by atoms with E-state index in [4.69, 9.17) is 28.6 Å². The van der Waals surface area contributed by atoms with E-state index in [1.807, 2.05) is 6.92 Å². The van der Waals surface area contributed by atoms with Crippen LogP contribution in [0.2, 0.25) is 5.02 Å². The molecule has 0 fully saturated rings. The minimum absolute atomic E-state index is 0.0423. The van der Waals surface area contributed by atoms with Crippen molar-refractivity contribution >= 4 is 40.7 Å². The highest BCUT2D eigenvalue weighted by Crippen LogP contribution is 2.14. The number of hydrogen-bond donors (Lipinski definition) is 3. The fourth-order valence-electron chi connectivity index (χ4n) is 1.90. The second-order valence-electron chi connectivity index (χ2n) is 4.80. The van der Waals surface area contributed by atoms with Gasteiger partial charge in [-0.15, -0.1) is 0 Å². The zero-order valence-corrected chi connectivity index (χ0v) is 14.9. The summed E-state index contributed by atoms with van der Waals surface area (Å²) in [6, 6.07) is 13.2. The van der Waals surface area contributed by atoms with Gasteiger partial charge in [0, 0.05) is 5.56 Å². The molecule has 25 heavy (non-hydrogen) atoms. The summed E-state index contributed by atoms with van der Waals surface area (Å²) in [6.07, 6.45) is 0. The van der Waals surface area contributed by atoms with E-state index in [1.54, 1.807) is 48.5 Å². The molecule has 2 aromatic rings. The summed E-state index contributed by atoms with van der Waals surface area (Å²) in [5.74, 6) is -0.206. The van der Waals surface area contributed by atoms with Crippen molar-refractivity contribution in [2.75, 3.05) is 6.61 Å². The third-order valence-electron chi connectivity index (χ3n) is 3.06. The number of hydrogen-bond acceptors (Lipinski definition) is 4. The molecule has 2 amide bonds. The van der Waals surface area contributed by atoms with Crippen molar-refractivity contribution in [3.8, 4) is 5.75 Å². The van der Waals surface area contributed by atoms with Crippen LogP contribution in [0.25, 0.3) is 0 Å². The van der Waals surface area contributed by atoms with Crippen molar-refractivity contribution in [3.63, 3.8) is 0 Å². The highest BCUT2D eigenvalue weighted by atomic mass is 35.5. The summed E-state index contributed by atoms with van der Waals surface area (Å²) in [4.78, 5) is 24.1. The molecule has 0 saturated heterocycles. The minimum atomic E-state index is -0.469. The van der Waals surface area contributed by atoms with E-state index in [2.05, 4.69) is 16.2 Å². The van der Waals surface area contributed by atoms with Crippen molar-refractivity contribution in [2.24, 2.45) is 0 Å². The Morgan fingerprint density at radius 1 is 1.04 bits per heavy atom. The van der Waals surface area contributed by atoms with E-state index >= 15 is 0 Å². The first kappa shape index (κ1) is 18.7. The summed E-state index contributed by atoms with van der Waals surface area (Å²) in [6.45, 7) is 2.42. The van der Waals surface area contributed by atoms with Gasteiger partial charge in [0.1, 0.15) is 5.75 Å². The number of hydrazine groups is 1. The molecule has 6 nitrogen and oxygen atoms in total. The van der Waals surface area contributed by atoms with Crippen LogP contribution in [0.1, 0.15) is 27.6 Å². The molecule has 0 saturated carbocycles. The number of carbonyl (C=O) groups is 2. The Bertz CT molecular complexity index is 781. The Labute approximate surface area is 155 Å². The van der Waals surface area contributed by atoms with Crippen molar-refractivity contribution < 1.29 is 14.3 Å². The smallest absolute Gasteiger partial charge is 0.271 e. The number of ether oxygens (including phenoxy) is 1. The van der Waals surface area contributed by atoms with Gasteiger partial charge >= 0.3 is 0 Å². The summed E-state index contributed by atoms with van der Waals surface area (Å²) < 4.78 is 5.31. The Hall–Kier alpha value is -2.64. The van der Waals surface area contributed by atoms with Crippen LogP contribution in [0.15, 0.2) is 48.5 Å². The first-order chi connectivity index (χ1) is 12.0. The van der Waals surface area contributed by atoms with Crippen LogP contribution in [-0.2, 0) is 0 Å². The zero-order chi connectivity index (χ0) is 18.2. The average molecular weight is 378 g/mol. The molecule has 3 N–H and O–H groups in total. The molecule has 130 valence electrons. The molecule has 2 aromatic carbocycles. The number of amides is 2. The molecule has 0 unspecified atom stereocenters. The van der Waals surface area contributed by atoms with Crippen LogP contribution >= 0.6 is 23.8 Å². The third-order valence-corrected chi connectivity index (χ3v) is 3.60. The van der Waals surface area contributed by atoms with Gasteiger partial charge < -0.3 is 4.74 Å². The predicted octanol–water partition coefficient (Wildman–Crippen LogP) is 2.69. The van der Waals surface area contributed by atoms with E-state index in [9.17, 15) is 9.59 Å². The van der Waals surface area contributed by atoms with Gasteiger partial charge in [-0.05, 0) is 55.5 Å². The van der Waals surface area contributed by atoms with Gasteiger partial charge in [-0.2, -0.15) is 0 Å². The van der Waals surface area contributed by atoms with Crippen molar-refractivity contribution in [1.29, 1.82) is 0 Å². The maximum absolute atomic E-state index is 12.1. The van der Waals surface area contributed by atoms with Gasteiger partial charge in [-0.3, -0.25) is 25.8 Å². The maximum Gasteiger partial charge on any atom is 0.271 e. The van der Waals surface area contributed by atoms with E-state index in [0.29, 0.717) is 22.9 Å². The van der Waals surface area contributed by atoms with Crippen LogP contribution in [0.4, 0.5) is 0 Å². The van der Waals surface area contributed by atoms with Gasteiger partial charge in [-0.1, -0.05) is 23.7 Å². The molecule has 0 aliphatic heterocycles. The van der Waals surface area contributed by atoms with Gasteiger partial charge in [0.05, 0.1) is 17.2 Å². The molecule has 0 aromatic heterocycles. The molecule has 0 radical (unpaired) electrons. The highest BCUT2D eigenvalue weighted by Gasteiger charge is 2.11. The van der Waals surface area contributed by atoms with E-state index in [-0.39, 0.29) is 10.7 Å². The number of thiocarbonyl (C=S) groups is 1. The zero-order valence-electron chi connectivity index (χ0n) is 13.3. The van der Waals surface area contributed by atoms with Crippen molar-refractivity contribution in [1.82, 2.24) is 16.2 Å². The molecule has 2 rings (SSSR count). The Morgan fingerprint density at radius 3 is 2.36 bits per heavy atom. The lowest BCUT2D eigenvalue weighted by atomic mass is 10.2. The molecule has 0 atom stereocenters. The third kappa shape index (κ3) is 5.44. The lowest BCUT2D eigenvalue weighted by molar-refractivity contribution is 0.0934. The SMILES string of the molecule is CCOc1ccc(C(=O)NC(=S)NNC(=O)c2ccccc2Cl)cc1. The number of halogens is 1. The number of carbonyl (C=O) groups excluding carboxylic acids is 2. The van der Waals surface area contributed by atoms with E-state index in [1.165, 1.54) is 0 Å². The van der Waals surface area contributed by atoms with Gasteiger partial charge in [-0.25, -0.2) is 0 Å². The van der Waals surface area contributed by atoms with Crippen molar-refractivity contribution in [3.05, 3.63) is 64.7 Å². The topological polar surface area (TPSA) is 79.5 Å². The largest absolute Gasteiger partial charge is 0.494 e. The van der Waals surface area contributed by atoms with Crippen LogP contribution in [-0.4, -0.2) is 23.5 Å². The lowest BCUT2D eigenvalue weighted by Gasteiger charge is -2.11. The Morgan fingerprint density at radius 2 is 1.72 bits per heavy atom. The molecule has 0 aliphatic rings. The normalized spacial score (nSPS) is 9.84. The maximum atomic E-state index is 12.1.